The zero-order chi connectivity index (χ0) is 27.6. The zero-order valence-corrected chi connectivity index (χ0v) is 28.7. The van der Waals surface area contributed by atoms with E-state index < -0.39 is 0 Å². The Labute approximate surface area is 265 Å². The van der Waals surface area contributed by atoms with Gasteiger partial charge >= 0.3 is 21.7 Å². The molecule has 5 rings (SSSR count). The minimum Gasteiger partial charge on any atom is -0.675 e. The summed E-state index contributed by atoms with van der Waals surface area (Å²) in [6.07, 6.45) is 13.8. The maximum atomic E-state index is 7.61. The van der Waals surface area contributed by atoms with Crippen molar-refractivity contribution in [1.82, 2.24) is 0 Å². The van der Waals surface area contributed by atoms with Gasteiger partial charge in [0.25, 0.3) is 0 Å². The molecular weight excluding hydrogens is 534 g/mol. The molecule has 3 aromatic rings. The Balaban J connectivity index is 0.000000507. The molecule has 1 fully saturated rings. The number of rotatable bonds is 1. The first-order valence-electron chi connectivity index (χ1n) is 14.3. The molecule has 1 unspecified atom stereocenters. The number of hydrogen-bond acceptors (Lipinski definition) is 0. The van der Waals surface area contributed by atoms with Crippen LogP contribution in [0, 0.1) is 19.4 Å². The summed E-state index contributed by atoms with van der Waals surface area (Å²) in [6.45, 7) is 8.67. The van der Waals surface area contributed by atoms with Crippen LogP contribution < -0.4 is 5.19 Å². The van der Waals surface area contributed by atoms with Gasteiger partial charge in [-0.05, 0) is 11.1 Å². The molecule has 0 heterocycles. The molecule has 2 radical (unpaired) electrons. The third-order valence-electron chi connectivity index (χ3n) is 7.32. The summed E-state index contributed by atoms with van der Waals surface area (Å²) in [7, 11) is 1.90. The summed E-state index contributed by atoms with van der Waals surface area (Å²) in [5.41, 5.74) is 14.4. The summed E-state index contributed by atoms with van der Waals surface area (Å²) in [5.74, 6) is 0.560. The second-order valence-electron chi connectivity index (χ2n) is 10.4. The van der Waals surface area contributed by atoms with E-state index in [9.17, 15) is 0 Å². The minimum absolute atomic E-state index is 0. The fourth-order valence-electron chi connectivity index (χ4n) is 4.53. The molecular formula is C37H51NSiTi. The van der Waals surface area contributed by atoms with Crippen LogP contribution in [0.15, 0.2) is 108 Å². The largest absolute Gasteiger partial charge is 3.00 e. The van der Waals surface area contributed by atoms with E-state index in [2.05, 4.69) is 94.4 Å². The van der Waals surface area contributed by atoms with Gasteiger partial charge in [0.1, 0.15) is 0 Å². The zero-order valence-electron chi connectivity index (χ0n) is 25.7. The predicted octanol–water partition coefficient (Wildman–Crippen LogP) is 10.0. The molecule has 2 aliphatic rings. The van der Waals surface area contributed by atoms with E-state index in [0.29, 0.717) is 5.92 Å². The number of allylic oxidation sites excluding steroid dienone is 4. The first-order valence-corrected chi connectivity index (χ1v) is 15.1. The van der Waals surface area contributed by atoms with Crippen molar-refractivity contribution in [3.8, 4) is 11.1 Å². The van der Waals surface area contributed by atoms with Crippen LogP contribution in [0.2, 0.25) is 0 Å². The summed E-state index contributed by atoms with van der Waals surface area (Å²) in [4.78, 5) is 0. The second-order valence-corrected chi connectivity index (χ2v) is 11.2. The summed E-state index contributed by atoms with van der Waals surface area (Å²) >= 11 is 0. The molecule has 0 amide bonds. The minimum atomic E-state index is 0. The Morgan fingerprint density at radius 3 is 1.30 bits per heavy atom. The van der Waals surface area contributed by atoms with Crippen molar-refractivity contribution in [3.63, 3.8) is 0 Å². The maximum absolute atomic E-state index is 7.61. The fraction of sp³-hybridized carbons (Fsp3) is 0.378. The maximum Gasteiger partial charge on any atom is 3.00 e. The van der Waals surface area contributed by atoms with Crippen molar-refractivity contribution in [3.05, 3.63) is 127 Å². The van der Waals surface area contributed by atoms with Gasteiger partial charge in [-0.2, -0.15) is 11.1 Å². The van der Waals surface area contributed by atoms with Crippen molar-refractivity contribution in [2.24, 2.45) is 5.92 Å². The average molecular weight is 586 g/mol. The SMILES string of the molecule is CC1=[C-]C(C)C(C)=C1C.[CH3-].[NH-]C1CCCCCCCC1.[SiH2]c1ccccc1.[Ti+3].c1ccc(-c2ccccc2)cc1. The number of nitrogens with one attached hydrogen (secondary N) is 1. The molecule has 212 valence electrons. The standard InChI is InChI=1S/C12H10.C9H18N.C9H13.C6H7Si.CH3.Ti/c1-3-7-11(8-4-1)12-9-5-2-6-10-12;10-9-7-5-3-1-2-4-6-8-9;1-6-5-7(2)9(4)8(6)3;7-6-4-2-1-3-5-6;;/h1-10H;9-10H,1-8H2;6H,1-4H3;1-5H,7H2;1H3;/q;2*-1;;-1;+3. The second kappa shape index (κ2) is 22.7. The average Bonchev–Trinajstić information content (AvgIpc) is 3.24. The monoisotopic (exact) mass is 585 g/mol. The van der Waals surface area contributed by atoms with E-state index >= 15 is 0 Å². The molecule has 0 spiro atoms. The van der Waals surface area contributed by atoms with Gasteiger partial charge < -0.3 is 13.2 Å². The quantitative estimate of drug-likeness (QED) is 0.200. The Hall–Kier alpha value is -1.97. The van der Waals surface area contributed by atoms with Crippen LogP contribution in [-0.4, -0.2) is 16.3 Å². The van der Waals surface area contributed by atoms with Crippen molar-refractivity contribution < 1.29 is 21.7 Å². The van der Waals surface area contributed by atoms with Crippen LogP contribution in [0.5, 0.6) is 0 Å². The van der Waals surface area contributed by atoms with Crippen molar-refractivity contribution in [2.45, 2.75) is 85.1 Å². The molecule has 0 aliphatic heterocycles. The number of hydrogen-bond donors (Lipinski definition) is 0. The molecule has 0 aromatic heterocycles. The van der Waals surface area contributed by atoms with Gasteiger partial charge in [0.2, 0.25) is 0 Å². The topological polar surface area (TPSA) is 23.8 Å². The van der Waals surface area contributed by atoms with E-state index in [1.807, 2.05) is 40.6 Å². The molecule has 0 saturated heterocycles. The van der Waals surface area contributed by atoms with Crippen molar-refractivity contribution >= 4 is 15.4 Å². The van der Waals surface area contributed by atoms with Gasteiger partial charge in [-0.15, -0.1) is 13.0 Å². The van der Waals surface area contributed by atoms with Gasteiger partial charge in [-0.1, -0.05) is 174 Å². The predicted molar refractivity (Wildman–Crippen MR) is 178 cm³/mol. The molecule has 1 nitrogen and oxygen atoms in total. The normalized spacial score (nSPS) is 16.8. The van der Waals surface area contributed by atoms with Crippen LogP contribution in [0.4, 0.5) is 0 Å². The van der Waals surface area contributed by atoms with E-state index in [1.54, 1.807) is 0 Å². The Morgan fingerprint density at radius 2 is 1.02 bits per heavy atom. The van der Waals surface area contributed by atoms with Gasteiger partial charge in [0.15, 0.2) is 0 Å². The molecule has 2 aliphatic carbocycles. The van der Waals surface area contributed by atoms with Gasteiger partial charge in [0, 0.05) is 10.2 Å². The molecule has 40 heavy (non-hydrogen) atoms. The third-order valence-corrected chi connectivity index (χ3v) is 7.79. The molecule has 1 saturated carbocycles. The molecule has 3 heteroatoms. The van der Waals surface area contributed by atoms with Gasteiger partial charge in [0.05, 0.1) is 0 Å². The third kappa shape index (κ3) is 15.7. The van der Waals surface area contributed by atoms with Crippen molar-refractivity contribution in [1.29, 1.82) is 0 Å². The van der Waals surface area contributed by atoms with Gasteiger partial charge in [-0.3, -0.25) is 6.08 Å². The first kappa shape index (κ1) is 38.0. The molecule has 1 N–H and O–H groups in total. The molecule has 0 bridgehead atoms. The summed E-state index contributed by atoms with van der Waals surface area (Å²) in [6, 6.07) is 31.3. The van der Waals surface area contributed by atoms with Crippen LogP contribution in [0.25, 0.3) is 16.9 Å². The number of benzene rings is 3. The summed E-state index contributed by atoms with van der Waals surface area (Å²) < 4.78 is 0. The Kier molecular flexibility index (Phi) is 21.6. The summed E-state index contributed by atoms with van der Waals surface area (Å²) in [5, 5.41) is 1.35. The van der Waals surface area contributed by atoms with E-state index in [0.717, 1.165) is 12.8 Å². The van der Waals surface area contributed by atoms with Crippen LogP contribution in [0.3, 0.4) is 0 Å². The fourth-order valence-corrected chi connectivity index (χ4v) is 4.81. The first-order chi connectivity index (χ1) is 18.4. The van der Waals surface area contributed by atoms with Crippen LogP contribution in [-0.2, 0) is 21.7 Å². The van der Waals surface area contributed by atoms with Crippen LogP contribution in [0.1, 0.15) is 79.1 Å². The van der Waals surface area contributed by atoms with E-state index in [4.69, 9.17) is 5.73 Å². The smallest absolute Gasteiger partial charge is 0.675 e. The van der Waals surface area contributed by atoms with Crippen LogP contribution >= 0.6 is 0 Å². The van der Waals surface area contributed by atoms with Gasteiger partial charge in [-0.25, -0.2) is 5.57 Å². The molecule has 1 atom stereocenters. The van der Waals surface area contributed by atoms with E-state index in [-0.39, 0.29) is 35.2 Å². The Bertz CT molecular complexity index is 1030. The molecule has 3 aromatic carbocycles. The van der Waals surface area contributed by atoms with E-state index in [1.165, 1.54) is 71.6 Å². The van der Waals surface area contributed by atoms with Crippen molar-refractivity contribution in [2.75, 3.05) is 0 Å². The Morgan fingerprint density at radius 1 is 0.650 bits per heavy atom.